The Labute approximate surface area is 123 Å². The lowest BCUT2D eigenvalue weighted by atomic mass is 10.2. The molecule has 6 heteroatoms. The molecule has 0 spiro atoms. The van der Waals surface area contributed by atoms with Crippen LogP contribution >= 0.6 is 27.5 Å². The zero-order chi connectivity index (χ0) is 13.8. The summed E-state index contributed by atoms with van der Waals surface area (Å²) in [5, 5.41) is 20.1. The van der Waals surface area contributed by atoms with Gasteiger partial charge in [0.2, 0.25) is 0 Å². The van der Waals surface area contributed by atoms with E-state index < -0.39 is 6.10 Å². The van der Waals surface area contributed by atoms with Crippen LogP contribution in [0.25, 0.3) is 0 Å². The van der Waals surface area contributed by atoms with Gasteiger partial charge in [-0.05, 0) is 40.2 Å². The van der Waals surface area contributed by atoms with Crippen LogP contribution in [0.15, 0.2) is 41.0 Å². The molecule has 1 heterocycles. The fourth-order valence-corrected chi connectivity index (χ4v) is 2.05. The Balaban J connectivity index is 2.04. The van der Waals surface area contributed by atoms with Gasteiger partial charge < -0.3 is 14.9 Å². The normalized spacial score (nSPS) is 12.2. The first-order valence-corrected chi connectivity index (χ1v) is 6.65. The Bertz CT molecular complexity index is 542. The molecule has 0 saturated carbocycles. The Morgan fingerprint density at radius 1 is 1.32 bits per heavy atom. The highest BCUT2D eigenvalue weighted by molar-refractivity contribution is 9.10. The highest BCUT2D eigenvalue weighted by Gasteiger charge is 2.13. The van der Waals surface area contributed by atoms with Gasteiger partial charge in [-0.3, -0.25) is 4.98 Å². The van der Waals surface area contributed by atoms with Crippen molar-refractivity contribution in [3.05, 3.63) is 51.7 Å². The number of rotatable bonds is 4. The molecule has 19 heavy (non-hydrogen) atoms. The van der Waals surface area contributed by atoms with Crippen molar-refractivity contribution < 1.29 is 14.9 Å². The van der Waals surface area contributed by atoms with Crippen molar-refractivity contribution in [1.82, 2.24) is 4.98 Å². The van der Waals surface area contributed by atoms with Gasteiger partial charge in [0.25, 0.3) is 0 Å². The van der Waals surface area contributed by atoms with Gasteiger partial charge in [0.05, 0.1) is 15.2 Å². The Hall–Kier alpha value is -1.30. The first-order chi connectivity index (χ1) is 9.08. The number of aliphatic hydroxyl groups is 1. The number of hydrogen-bond acceptors (Lipinski definition) is 4. The molecule has 0 aliphatic rings. The first-order valence-electron chi connectivity index (χ1n) is 5.47. The number of benzene rings is 1. The summed E-state index contributed by atoms with van der Waals surface area (Å²) in [5.74, 6) is 0.293. The van der Waals surface area contributed by atoms with E-state index in [1.54, 1.807) is 24.3 Å². The van der Waals surface area contributed by atoms with Gasteiger partial charge in [-0.1, -0.05) is 17.7 Å². The van der Waals surface area contributed by atoms with Gasteiger partial charge >= 0.3 is 0 Å². The van der Waals surface area contributed by atoms with Gasteiger partial charge in [0.1, 0.15) is 12.7 Å². The van der Waals surface area contributed by atoms with Crippen LogP contribution in [0, 0.1) is 0 Å². The van der Waals surface area contributed by atoms with Crippen molar-refractivity contribution in [2.75, 3.05) is 6.61 Å². The number of aliphatic hydroxyl groups excluding tert-OH is 1. The summed E-state index contributed by atoms with van der Waals surface area (Å²) in [7, 11) is 0. The van der Waals surface area contributed by atoms with E-state index in [9.17, 15) is 10.2 Å². The van der Waals surface area contributed by atoms with Gasteiger partial charge in [-0.25, -0.2) is 0 Å². The maximum Gasteiger partial charge on any atom is 0.175 e. The van der Waals surface area contributed by atoms with E-state index in [0.29, 0.717) is 15.2 Å². The molecular formula is C13H11BrClNO3. The second-order valence-electron chi connectivity index (χ2n) is 3.82. The van der Waals surface area contributed by atoms with Crippen molar-refractivity contribution in [1.29, 1.82) is 0 Å². The number of phenolic OH excluding ortho intramolecular Hbond substituents is 1. The lowest BCUT2D eigenvalue weighted by molar-refractivity contribution is 0.102. The van der Waals surface area contributed by atoms with Crippen LogP contribution < -0.4 is 4.74 Å². The monoisotopic (exact) mass is 343 g/mol. The number of phenols is 1. The van der Waals surface area contributed by atoms with Crippen LogP contribution in [-0.2, 0) is 0 Å². The van der Waals surface area contributed by atoms with Gasteiger partial charge in [0, 0.05) is 6.20 Å². The van der Waals surface area contributed by atoms with Crippen LogP contribution in [0.1, 0.15) is 11.8 Å². The molecule has 0 amide bonds. The molecular weight excluding hydrogens is 334 g/mol. The van der Waals surface area contributed by atoms with Gasteiger partial charge in [0.15, 0.2) is 11.5 Å². The molecule has 2 aromatic rings. The summed E-state index contributed by atoms with van der Waals surface area (Å²) < 4.78 is 6.01. The van der Waals surface area contributed by atoms with E-state index in [1.807, 2.05) is 0 Å². The Morgan fingerprint density at radius 2 is 2.11 bits per heavy atom. The van der Waals surface area contributed by atoms with Crippen molar-refractivity contribution in [3.8, 4) is 11.5 Å². The Kier molecular flexibility index (Phi) is 4.63. The molecule has 1 aromatic heterocycles. The molecule has 0 saturated heterocycles. The molecule has 4 nitrogen and oxygen atoms in total. The van der Waals surface area contributed by atoms with E-state index in [1.165, 1.54) is 12.3 Å². The number of aromatic hydroxyl groups is 1. The summed E-state index contributed by atoms with van der Waals surface area (Å²) in [5.41, 5.74) is 0.455. The molecule has 0 bridgehead atoms. The number of nitrogens with zero attached hydrogens (tertiary/aromatic N) is 1. The minimum absolute atomic E-state index is 0.00522. The lowest BCUT2D eigenvalue weighted by Gasteiger charge is -2.13. The molecule has 0 aliphatic carbocycles. The molecule has 1 atom stereocenters. The fourth-order valence-electron chi connectivity index (χ4n) is 1.47. The molecule has 1 unspecified atom stereocenters. The molecule has 100 valence electrons. The number of pyridine rings is 1. The highest BCUT2D eigenvalue weighted by atomic mass is 79.9. The molecule has 2 rings (SSSR count). The predicted molar refractivity (Wildman–Crippen MR) is 75.5 cm³/mol. The maximum absolute atomic E-state index is 9.93. The summed E-state index contributed by atoms with van der Waals surface area (Å²) in [4.78, 5) is 4.00. The number of hydrogen-bond donors (Lipinski definition) is 2. The van der Waals surface area contributed by atoms with Gasteiger partial charge in [-0.15, -0.1) is 0 Å². The SMILES string of the molecule is Oc1cccc(Br)c1OCC(O)c1ccc(Cl)cn1. The average molecular weight is 345 g/mol. The molecule has 2 N–H and O–H groups in total. The van der Waals surface area contributed by atoms with Crippen LogP contribution in [0.5, 0.6) is 11.5 Å². The molecule has 1 aromatic carbocycles. The van der Waals surface area contributed by atoms with Gasteiger partial charge in [-0.2, -0.15) is 0 Å². The standard InChI is InChI=1S/C13H11BrClNO3/c14-9-2-1-3-11(17)13(9)19-7-12(18)10-5-4-8(15)6-16-10/h1-6,12,17-18H,7H2. The largest absolute Gasteiger partial charge is 0.504 e. The van der Waals surface area contributed by atoms with Crippen LogP contribution in [0.4, 0.5) is 0 Å². The number of ether oxygens (including phenoxy) is 1. The smallest absolute Gasteiger partial charge is 0.175 e. The summed E-state index contributed by atoms with van der Waals surface area (Å²) >= 11 is 8.98. The quantitative estimate of drug-likeness (QED) is 0.893. The number of para-hydroxylation sites is 1. The van der Waals surface area contributed by atoms with E-state index in [4.69, 9.17) is 16.3 Å². The highest BCUT2D eigenvalue weighted by Crippen LogP contribution is 2.34. The van der Waals surface area contributed by atoms with Crippen LogP contribution in [0.3, 0.4) is 0 Å². The van der Waals surface area contributed by atoms with Crippen molar-refractivity contribution in [2.24, 2.45) is 0 Å². The second kappa shape index (κ2) is 6.23. The zero-order valence-electron chi connectivity index (χ0n) is 9.75. The molecule has 0 radical (unpaired) electrons. The third-order valence-corrected chi connectivity index (χ3v) is 3.27. The van der Waals surface area contributed by atoms with Crippen molar-refractivity contribution in [2.45, 2.75) is 6.10 Å². The summed E-state index contributed by atoms with van der Waals surface area (Å²) in [6.07, 6.45) is 0.555. The van der Waals surface area contributed by atoms with E-state index >= 15 is 0 Å². The minimum atomic E-state index is -0.899. The van der Waals surface area contributed by atoms with E-state index in [-0.39, 0.29) is 18.1 Å². The van der Waals surface area contributed by atoms with Crippen LogP contribution in [-0.4, -0.2) is 21.8 Å². The van der Waals surface area contributed by atoms with Crippen LogP contribution in [0.2, 0.25) is 5.02 Å². The Morgan fingerprint density at radius 3 is 2.74 bits per heavy atom. The maximum atomic E-state index is 9.93. The summed E-state index contributed by atoms with van der Waals surface area (Å²) in [6.45, 7) is -0.0230. The van der Waals surface area contributed by atoms with Crippen molar-refractivity contribution in [3.63, 3.8) is 0 Å². The molecule has 0 aliphatic heterocycles. The number of halogens is 2. The fraction of sp³-hybridized carbons (Fsp3) is 0.154. The third-order valence-electron chi connectivity index (χ3n) is 2.42. The molecule has 0 fully saturated rings. The predicted octanol–water partition coefficient (Wildman–Crippen LogP) is 3.32. The minimum Gasteiger partial charge on any atom is -0.504 e. The van der Waals surface area contributed by atoms with E-state index in [0.717, 1.165) is 0 Å². The van der Waals surface area contributed by atoms with Crippen molar-refractivity contribution >= 4 is 27.5 Å². The lowest BCUT2D eigenvalue weighted by Crippen LogP contribution is -2.11. The first kappa shape index (κ1) is 14.1. The second-order valence-corrected chi connectivity index (χ2v) is 5.11. The average Bonchev–Trinajstić information content (AvgIpc) is 2.38. The third kappa shape index (κ3) is 3.59. The topological polar surface area (TPSA) is 62.6 Å². The summed E-state index contributed by atoms with van der Waals surface area (Å²) in [6, 6.07) is 8.19. The zero-order valence-corrected chi connectivity index (χ0v) is 12.1. The number of aromatic nitrogens is 1. The van der Waals surface area contributed by atoms with E-state index in [2.05, 4.69) is 20.9 Å².